The van der Waals surface area contributed by atoms with Crippen LogP contribution in [0.5, 0.6) is 0 Å². The Hall–Kier alpha value is -0.530. The fraction of sp³-hybridized carbons (Fsp3) is 0.909. The predicted octanol–water partition coefficient (Wildman–Crippen LogP) is 2.20. The lowest BCUT2D eigenvalue weighted by molar-refractivity contribution is 0.457. The lowest BCUT2D eigenvalue weighted by Crippen LogP contribution is -2.28. The lowest BCUT2D eigenvalue weighted by atomic mass is 10.0. The van der Waals surface area contributed by atoms with Crippen LogP contribution in [0.1, 0.15) is 40.5 Å². The van der Waals surface area contributed by atoms with Crippen LogP contribution in [0, 0.1) is 10.8 Å². The third kappa shape index (κ3) is 1.18. The zero-order valence-electron chi connectivity index (χ0n) is 9.15. The molecule has 1 aliphatic carbocycles. The van der Waals surface area contributed by atoms with Gasteiger partial charge < -0.3 is 5.32 Å². The lowest BCUT2D eigenvalue weighted by Gasteiger charge is -2.06. The molecule has 1 aliphatic heterocycles. The van der Waals surface area contributed by atoms with Gasteiger partial charge in [0.1, 0.15) is 0 Å². The Morgan fingerprint density at radius 1 is 1.23 bits per heavy atom. The Morgan fingerprint density at radius 2 is 1.85 bits per heavy atom. The molecule has 0 spiro atoms. The number of aliphatic imine (C=N–C) groups is 1. The molecule has 0 atom stereocenters. The van der Waals surface area contributed by atoms with Gasteiger partial charge in [-0.2, -0.15) is 0 Å². The van der Waals surface area contributed by atoms with Gasteiger partial charge >= 0.3 is 0 Å². The molecule has 2 aliphatic rings. The van der Waals surface area contributed by atoms with Gasteiger partial charge in [-0.25, -0.2) is 0 Å². The van der Waals surface area contributed by atoms with Gasteiger partial charge in [-0.3, -0.25) is 4.99 Å². The van der Waals surface area contributed by atoms with Crippen molar-refractivity contribution in [1.82, 2.24) is 5.32 Å². The molecule has 0 radical (unpaired) electrons. The monoisotopic (exact) mass is 180 g/mol. The van der Waals surface area contributed by atoms with Crippen molar-refractivity contribution < 1.29 is 0 Å². The third-order valence-corrected chi connectivity index (χ3v) is 4.21. The first-order chi connectivity index (χ1) is 5.96. The maximum Gasteiger partial charge on any atom is 0.0966 e. The number of nitrogens with one attached hydrogen (secondary N) is 1. The van der Waals surface area contributed by atoms with E-state index in [1.165, 1.54) is 12.3 Å². The topological polar surface area (TPSA) is 24.4 Å². The van der Waals surface area contributed by atoms with Gasteiger partial charge in [0.2, 0.25) is 0 Å². The molecular weight excluding hydrogens is 160 g/mol. The van der Waals surface area contributed by atoms with Crippen molar-refractivity contribution in [3.8, 4) is 0 Å². The number of rotatable bonds is 1. The first-order valence-electron chi connectivity index (χ1n) is 5.26. The summed E-state index contributed by atoms with van der Waals surface area (Å²) in [6.07, 6.45) is 2.39. The number of hydrogen-bond acceptors (Lipinski definition) is 2. The molecule has 2 heteroatoms. The standard InChI is InChI=1S/C11H20N2/c1-10(2)9(11(10,3)4)13-8-6-5-7-12-8/h9H,5-7H2,1-4H3,(H,12,13). The largest absolute Gasteiger partial charge is 0.370 e. The van der Waals surface area contributed by atoms with Gasteiger partial charge in [0.25, 0.3) is 0 Å². The summed E-state index contributed by atoms with van der Waals surface area (Å²) in [6.45, 7) is 10.4. The van der Waals surface area contributed by atoms with E-state index in [0.29, 0.717) is 16.9 Å². The predicted molar refractivity (Wildman–Crippen MR) is 56.0 cm³/mol. The highest BCUT2D eigenvalue weighted by atomic mass is 15.1. The number of amidine groups is 1. The van der Waals surface area contributed by atoms with Gasteiger partial charge in [0.05, 0.1) is 5.84 Å². The minimum Gasteiger partial charge on any atom is -0.370 e. The Kier molecular flexibility index (Phi) is 1.73. The summed E-state index contributed by atoms with van der Waals surface area (Å²) in [7, 11) is 0. The quantitative estimate of drug-likeness (QED) is 0.657. The second kappa shape index (κ2) is 2.49. The van der Waals surface area contributed by atoms with E-state index < -0.39 is 0 Å². The fourth-order valence-electron chi connectivity index (χ4n) is 2.38. The molecule has 2 nitrogen and oxygen atoms in total. The van der Waals surface area contributed by atoms with Crippen molar-refractivity contribution in [3.05, 3.63) is 0 Å². The average molecular weight is 180 g/mol. The zero-order valence-corrected chi connectivity index (χ0v) is 9.15. The van der Waals surface area contributed by atoms with E-state index in [1.54, 1.807) is 0 Å². The molecule has 0 saturated heterocycles. The molecule has 1 N–H and O–H groups in total. The molecule has 1 saturated carbocycles. The summed E-state index contributed by atoms with van der Waals surface area (Å²) in [5.74, 6) is 1.24. The Balaban J connectivity index is 1.98. The summed E-state index contributed by atoms with van der Waals surface area (Å²) in [5, 5.41) is 3.58. The van der Waals surface area contributed by atoms with Gasteiger partial charge in [0.15, 0.2) is 0 Å². The van der Waals surface area contributed by atoms with Crippen molar-refractivity contribution in [1.29, 1.82) is 0 Å². The van der Waals surface area contributed by atoms with Crippen LogP contribution in [0.4, 0.5) is 0 Å². The van der Waals surface area contributed by atoms with Crippen LogP contribution in [0.25, 0.3) is 0 Å². The number of nitrogens with zero attached hydrogens (tertiary/aromatic N) is 1. The van der Waals surface area contributed by atoms with Crippen molar-refractivity contribution in [2.45, 2.75) is 46.6 Å². The molecule has 2 rings (SSSR count). The highest BCUT2D eigenvalue weighted by molar-refractivity contribution is 5.84. The molecule has 0 aromatic rings. The fourth-order valence-corrected chi connectivity index (χ4v) is 2.38. The normalized spacial score (nSPS) is 30.0. The molecule has 1 fully saturated rings. The van der Waals surface area contributed by atoms with E-state index >= 15 is 0 Å². The average Bonchev–Trinajstić information content (AvgIpc) is 2.44. The van der Waals surface area contributed by atoms with E-state index in [4.69, 9.17) is 0 Å². The highest BCUT2D eigenvalue weighted by Crippen LogP contribution is 2.62. The van der Waals surface area contributed by atoms with Crippen molar-refractivity contribution in [2.75, 3.05) is 6.54 Å². The molecule has 0 amide bonds. The Bertz CT molecular complexity index is 237. The summed E-state index contributed by atoms with van der Waals surface area (Å²) in [5.41, 5.74) is 0.857. The smallest absolute Gasteiger partial charge is 0.0966 e. The minimum atomic E-state index is 0.429. The molecule has 1 heterocycles. The molecule has 74 valence electrons. The maximum absolute atomic E-state index is 4.45. The summed E-state index contributed by atoms with van der Waals surface area (Å²) >= 11 is 0. The summed E-state index contributed by atoms with van der Waals surface area (Å²) in [6, 6.07) is 0.622. The molecule has 0 aromatic heterocycles. The molecule has 0 bridgehead atoms. The third-order valence-electron chi connectivity index (χ3n) is 4.21. The van der Waals surface area contributed by atoms with Gasteiger partial charge in [0, 0.05) is 19.0 Å². The van der Waals surface area contributed by atoms with Gasteiger partial charge in [-0.15, -0.1) is 0 Å². The van der Waals surface area contributed by atoms with Crippen molar-refractivity contribution >= 4 is 5.84 Å². The maximum atomic E-state index is 4.45. The molecule has 13 heavy (non-hydrogen) atoms. The van der Waals surface area contributed by atoms with E-state index in [0.717, 1.165) is 13.0 Å². The van der Waals surface area contributed by atoms with Crippen LogP contribution in [0.3, 0.4) is 0 Å². The van der Waals surface area contributed by atoms with Crippen LogP contribution < -0.4 is 5.32 Å². The second-order valence-electron chi connectivity index (χ2n) is 5.45. The summed E-state index contributed by atoms with van der Waals surface area (Å²) in [4.78, 5) is 4.45. The van der Waals surface area contributed by atoms with Crippen LogP contribution in [-0.2, 0) is 0 Å². The molecule has 0 unspecified atom stereocenters. The van der Waals surface area contributed by atoms with E-state index in [-0.39, 0.29) is 0 Å². The van der Waals surface area contributed by atoms with Crippen LogP contribution >= 0.6 is 0 Å². The zero-order chi connectivity index (χ0) is 9.69. The van der Waals surface area contributed by atoms with Crippen molar-refractivity contribution in [3.63, 3.8) is 0 Å². The minimum absolute atomic E-state index is 0.429. The number of hydrogen-bond donors (Lipinski definition) is 1. The van der Waals surface area contributed by atoms with Gasteiger partial charge in [-0.1, -0.05) is 27.7 Å². The summed E-state index contributed by atoms with van der Waals surface area (Å²) < 4.78 is 0. The Labute approximate surface area is 80.8 Å². The highest BCUT2D eigenvalue weighted by Gasteiger charge is 2.65. The van der Waals surface area contributed by atoms with E-state index in [9.17, 15) is 0 Å². The van der Waals surface area contributed by atoms with E-state index in [1.807, 2.05) is 0 Å². The Morgan fingerprint density at radius 3 is 2.23 bits per heavy atom. The first kappa shape index (κ1) is 9.04. The van der Waals surface area contributed by atoms with E-state index in [2.05, 4.69) is 38.0 Å². The SMILES string of the molecule is CC1(C)C(NC2=NCCC2)C1(C)C. The second-order valence-corrected chi connectivity index (χ2v) is 5.45. The molecular formula is C11H20N2. The van der Waals surface area contributed by atoms with Gasteiger partial charge in [-0.05, 0) is 17.3 Å². The van der Waals surface area contributed by atoms with Crippen LogP contribution in [0.15, 0.2) is 4.99 Å². The van der Waals surface area contributed by atoms with Crippen LogP contribution in [-0.4, -0.2) is 18.4 Å². The van der Waals surface area contributed by atoms with Crippen LogP contribution in [0.2, 0.25) is 0 Å². The molecule has 0 aromatic carbocycles. The van der Waals surface area contributed by atoms with Crippen molar-refractivity contribution in [2.24, 2.45) is 15.8 Å². The first-order valence-corrected chi connectivity index (χ1v) is 5.26.